The van der Waals surface area contributed by atoms with Crippen LogP contribution in [0.2, 0.25) is 0 Å². The minimum Gasteiger partial charge on any atom is -0.456 e. The summed E-state index contributed by atoms with van der Waals surface area (Å²) >= 11 is 0. The van der Waals surface area contributed by atoms with Gasteiger partial charge in [-0.25, -0.2) is 0 Å². The molecule has 3 aromatic rings. The van der Waals surface area contributed by atoms with Gasteiger partial charge in [0.1, 0.15) is 11.5 Å². The van der Waals surface area contributed by atoms with Crippen LogP contribution >= 0.6 is 0 Å². The minimum absolute atomic E-state index is 0.0111. The number of piperidine rings is 1. The van der Waals surface area contributed by atoms with Gasteiger partial charge in [0.2, 0.25) is 5.76 Å². The maximum absolute atomic E-state index is 13.2. The number of hydrogen-bond donors (Lipinski definition) is 1. The van der Waals surface area contributed by atoms with E-state index in [0.717, 1.165) is 36.6 Å². The lowest BCUT2D eigenvalue weighted by atomic mass is 9.89. The van der Waals surface area contributed by atoms with Crippen molar-refractivity contribution in [2.75, 3.05) is 18.4 Å². The maximum Gasteiger partial charge on any atom is 0.450 e. The van der Waals surface area contributed by atoms with Gasteiger partial charge in [0.15, 0.2) is 0 Å². The molecule has 0 unspecified atom stereocenters. The van der Waals surface area contributed by atoms with Crippen LogP contribution in [0.25, 0.3) is 0 Å². The number of benzene rings is 1. The summed E-state index contributed by atoms with van der Waals surface area (Å²) in [6.45, 7) is 6.83. The molecule has 1 aliphatic heterocycles. The van der Waals surface area contributed by atoms with Gasteiger partial charge in [0.25, 0.3) is 11.8 Å². The number of nitrogens with one attached hydrogen (secondary N) is 1. The van der Waals surface area contributed by atoms with Crippen molar-refractivity contribution in [2.24, 2.45) is 13.0 Å². The fourth-order valence-corrected chi connectivity index (χ4v) is 4.75. The van der Waals surface area contributed by atoms with Crippen LogP contribution in [0.4, 0.5) is 18.9 Å². The molecule has 2 amide bonds. The first-order valence-corrected chi connectivity index (χ1v) is 12.3. The third-order valence-corrected chi connectivity index (χ3v) is 6.55. The molecular weight excluding hydrogens is 485 g/mol. The first-order valence-electron chi connectivity index (χ1n) is 12.3. The lowest BCUT2D eigenvalue weighted by Gasteiger charge is -2.32. The van der Waals surface area contributed by atoms with Crippen LogP contribution in [-0.2, 0) is 19.6 Å². The lowest BCUT2D eigenvalue weighted by molar-refractivity contribution is -0.153. The van der Waals surface area contributed by atoms with Crippen LogP contribution in [-0.4, -0.2) is 39.6 Å². The molecule has 2 aromatic heterocycles. The number of carbonyl (C=O) groups excluding carboxylic acids is 2. The zero-order valence-corrected chi connectivity index (χ0v) is 21.4. The van der Waals surface area contributed by atoms with E-state index in [1.54, 1.807) is 23.9 Å². The number of alkyl halides is 3. The summed E-state index contributed by atoms with van der Waals surface area (Å²) in [4.78, 5) is 27.4. The number of rotatable bonds is 6. The normalized spacial score (nSPS) is 14.9. The molecule has 1 aromatic carbocycles. The number of amides is 2. The first kappa shape index (κ1) is 26.5. The highest BCUT2D eigenvalue weighted by atomic mass is 19.4. The number of likely N-dealkylation sites (tertiary alicyclic amines) is 1. The van der Waals surface area contributed by atoms with Gasteiger partial charge in [-0.2, -0.15) is 18.3 Å². The van der Waals surface area contributed by atoms with Crippen LogP contribution in [0.1, 0.15) is 76.2 Å². The maximum atomic E-state index is 13.2. The van der Waals surface area contributed by atoms with Crippen molar-refractivity contribution in [1.29, 1.82) is 0 Å². The van der Waals surface area contributed by atoms with E-state index in [2.05, 4.69) is 24.3 Å². The molecule has 1 saturated heterocycles. The highest BCUT2D eigenvalue weighted by Crippen LogP contribution is 2.35. The van der Waals surface area contributed by atoms with Crippen molar-refractivity contribution in [3.05, 3.63) is 70.4 Å². The second-order valence-electron chi connectivity index (χ2n) is 9.98. The van der Waals surface area contributed by atoms with Crippen molar-refractivity contribution < 1.29 is 27.2 Å². The summed E-state index contributed by atoms with van der Waals surface area (Å²) in [5.74, 6) is -1.49. The van der Waals surface area contributed by atoms with Gasteiger partial charge in [-0.05, 0) is 67.9 Å². The zero-order chi connectivity index (χ0) is 26.9. The van der Waals surface area contributed by atoms with Crippen molar-refractivity contribution in [3.63, 3.8) is 0 Å². The van der Waals surface area contributed by atoms with Gasteiger partial charge in [0, 0.05) is 25.8 Å². The number of anilines is 1. The molecule has 1 aliphatic rings. The molecule has 0 aliphatic carbocycles. The Morgan fingerprint density at radius 2 is 1.78 bits per heavy atom. The molecule has 0 radical (unpaired) electrons. The van der Waals surface area contributed by atoms with E-state index in [4.69, 9.17) is 4.42 Å². The van der Waals surface area contributed by atoms with E-state index >= 15 is 0 Å². The Hall–Kier alpha value is -3.56. The van der Waals surface area contributed by atoms with Crippen molar-refractivity contribution >= 4 is 17.5 Å². The van der Waals surface area contributed by atoms with E-state index in [0.29, 0.717) is 30.4 Å². The summed E-state index contributed by atoms with van der Waals surface area (Å²) < 4.78 is 45.8. The quantitative estimate of drug-likeness (QED) is 0.448. The SMILES string of the molecule is Cc1cc(C(=O)Nc2ccc(C3CCN(C(=O)c4cc(CC(C)C)nn4C)CC3)cc2)c(C(F)(F)F)o1. The van der Waals surface area contributed by atoms with Crippen molar-refractivity contribution in [2.45, 2.75) is 52.1 Å². The fourth-order valence-electron chi connectivity index (χ4n) is 4.75. The van der Waals surface area contributed by atoms with Gasteiger partial charge >= 0.3 is 6.18 Å². The molecule has 0 atom stereocenters. The number of halogens is 3. The van der Waals surface area contributed by atoms with Gasteiger partial charge in [0.05, 0.1) is 11.3 Å². The average Bonchev–Trinajstić information content (AvgIpc) is 3.41. The Kier molecular flexibility index (Phi) is 7.47. The van der Waals surface area contributed by atoms with Crippen LogP contribution in [0.3, 0.4) is 0 Å². The van der Waals surface area contributed by atoms with E-state index in [-0.39, 0.29) is 17.6 Å². The molecule has 1 fully saturated rings. The number of carbonyl (C=O) groups is 2. The molecule has 0 saturated carbocycles. The zero-order valence-electron chi connectivity index (χ0n) is 21.4. The Bertz CT molecular complexity index is 1270. The lowest BCUT2D eigenvalue weighted by Crippen LogP contribution is -2.38. The molecule has 3 heterocycles. The van der Waals surface area contributed by atoms with Gasteiger partial charge in [-0.1, -0.05) is 26.0 Å². The predicted octanol–water partition coefficient (Wildman–Crippen LogP) is 5.81. The smallest absolute Gasteiger partial charge is 0.450 e. The number of aromatic nitrogens is 2. The first-order chi connectivity index (χ1) is 17.4. The third kappa shape index (κ3) is 6.06. The third-order valence-electron chi connectivity index (χ3n) is 6.55. The molecule has 4 rings (SSSR count). The van der Waals surface area contributed by atoms with Crippen LogP contribution in [0.15, 0.2) is 40.8 Å². The molecule has 7 nitrogen and oxygen atoms in total. The van der Waals surface area contributed by atoms with Gasteiger partial charge in [-0.3, -0.25) is 14.3 Å². The summed E-state index contributed by atoms with van der Waals surface area (Å²) in [5.41, 5.74) is 2.41. The van der Waals surface area contributed by atoms with E-state index in [9.17, 15) is 22.8 Å². The topological polar surface area (TPSA) is 80.4 Å². The van der Waals surface area contributed by atoms with Crippen molar-refractivity contribution in [1.82, 2.24) is 14.7 Å². The Labute approximate surface area is 213 Å². The summed E-state index contributed by atoms with van der Waals surface area (Å²) in [6.07, 6.45) is -2.35. The Morgan fingerprint density at radius 1 is 1.14 bits per heavy atom. The summed E-state index contributed by atoms with van der Waals surface area (Å²) in [6, 6.07) is 10.0. The molecule has 198 valence electrons. The number of hydrogen-bond acceptors (Lipinski definition) is 4. The van der Waals surface area contributed by atoms with Crippen LogP contribution < -0.4 is 5.32 Å². The predicted molar refractivity (Wildman–Crippen MR) is 132 cm³/mol. The largest absolute Gasteiger partial charge is 0.456 e. The van der Waals surface area contributed by atoms with Crippen molar-refractivity contribution in [3.8, 4) is 0 Å². The standard InChI is InChI=1S/C27H31F3N4O3/c1-16(2)13-21-15-23(33(4)32-21)26(36)34-11-9-19(10-12-34)18-5-7-20(8-6-18)31-25(35)22-14-17(3)37-24(22)27(28,29)30/h5-8,14-16,19H,9-13H2,1-4H3,(H,31,35). The minimum atomic E-state index is -4.76. The second kappa shape index (κ2) is 10.4. The molecule has 0 bridgehead atoms. The number of furan rings is 1. The molecule has 1 N–H and O–H groups in total. The van der Waals surface area contributed by atoms with Crippen LogP contribution in [0, 0.1) is 12.8 Å². The molecule has 37 heavy (non-hydrogen) atoms. The highest BCUT2D eigenvalue weighted by Gasteiger charge is 2.40. The average molecular weight is 517 g/mol. The Balaban J connectivity index is 1.35. The van der Waals surface area contributed by atoms with Crippen LogP contribution in [0.5, 0.6) is 0 Å². The molecule has 10 heteroatoms. The van der Waals surface area contributed by atoms with E-state index in [1.165, 1.54) is 6.92 Å². The monoisotopic (exact) mass is 516 g/mol. The fraction of sp³-hybridized carbons (Fsp3) is 0.444. The number of aryl methyl sites for hydroxylation is 2. The summed E-state index contributed by atoms with van der Waals surface area (Å²) in [7, 11) is 1.79. The number of nitrogens with zero attached hydrogens (tertiary/aromatic N) is 3. The van der Waals surface area contributed by atoms with E-state index in [1.807, 2.05) is 23.1 Å². The molecular formula is C27H31F3N4O3. The molecule has 0 spiro atoms. The second-order valence-corrected chi connectivity index (χ2v) is 9.98. The van der Waals surface area contributed by atoms with Gasteiger partial charge in [-0.15, -0.1) is 0 Å². The summed E-state index contributed by atoms with van der Waals surface area (Å²) in [5, 5.41) is 6.99. The van der Waals surface area contributed by atoms with Gasteiger partial charge < -0.3 is 14.6 Å². The highest BCUT2D eigenvalue weighted by molar-refractivity contribution is 6.05. The Morgan fingerprint density at radius 3 is 2.38 bits per heavy atom. The van der Waals surface area contributed by atoms with E-state index < -0.39 is 23.4 Å².